The molecule has 0 aliphatic heterocycles. The van der Waals surface area contributed by atoms with Gasteiger partial charge in [-0.2, -0.15) is 0 Å². The fourth-order valence-corrected chi connectivity index (χ4v) is 1.78. The Balaban J connectivity index is 3.37. The molecule has 0 aliphatic rings. The molecular formula is C6H15NO2S. The Morgan fingerprint density at radius 3 is 2.70 bits per heavy atom. The number of aliphatic hydroxyl groups excluding tert-OH is 1. The summed E-state index contributed by atoms with van der Waals surface area (Å²) in [6.07, 6.45) is 0.302. The molecule has 0 fully saturated rings. The van der Waals surface area contributed by atoms with E-state index in [9.17, 15) is 4.21 Å². The van der Waals surface area contributed by atoms with Crippen LogP contribution in [0.4, 0.5) is 0 Å². The van der Waals surface area contributed by atoms with Gasteiger partial charge in [0.15, 0.2) is 0 Å². The van der Waals surface area contributed by atoms with Crippen molar-refractivity contribution in [3.05, 3.63) is 0 Å². The molecule has 0 aliphatic carbocycles. The van der Waals surface area contributed by atoms with Crippen LogP contribution in [0.25, 0.3) is 0 Å². The van der Waals surface area contributed by atoms with Crippen molar-refractivity contribution in [3.8, 4) is 0 Å². The molecule has 4 heteroatoms. The second kappa shape index (κ2) is 5.82. The van der Waals surface area contributed by atoms with Crippen LogP contribution in [-0.4, -0.2) is 33.5 Å². The zero-order valence-corrected chi connectivity index (χ0v) is 7.06. The largest absolute Gasteiger partial charge is 0.391 e. The normalized spacial score (nSPS) is 16.7. The lowest BCUT2D eigenvalue weighted by Gasteiger charge is -2.05. The van der Waals surface area contributed by atoms with Gasteiger partial charge >= 0.3 is 0 Å². The van der Waals surface area contributed by atoms with Gasteiger partial charge in [-0.25, -0.2) is 0 Å². The van der Waals surface area contributed by atoms with Crippen molar-refractivity contribution in [2.45, 2.75) is 19.4 Å². The minimum atomic E-state index is -0.880. The fraction of sp³-hybridized carbons (Fsp3) is 1.00. The maximum absolute atomic E-state index is 10.9. The molecule has 3 nitrogen and oxygen atoms in total. The summed E-state index contributed by atoms with van der Waals surface area (Å²) >= 11 is 0. The zero-order chi connectivity index (χ0) is 7.98. The molecule has 0 aromatic carbocycles. The van der Waals surface area contributed by atoms with E-state index >= 15 is 0 Å². The number of hydrogen-bond donors (Lipinski definition) is 2. The first-order valence-corrected chi connectivity index (χ1v) is 4.92. The molecule has 0 saturated heterocycles. The third-order valence-corrected chi connectivity index (χ3v) is 2.70. The van der Waals surface area contributed by atoms with Crippen LogP contribution in [0.5, 0.6) is 0 Å². The molecule has 0 radical (unpaired) electrons. The molecule has 0 saturated carbocycles. The highest BCUT2D eigenvalue weighted by Crippen LogP contribution is 1.90. The quantitative estimate of drug-likeness (QED) is 0.575. The smallest absolute Gasteiger partial charge is 0.0777 e. The Labute approximate surface area is 64.1 Å². The van der Waals surface area contributed by atoms with Crippen molar-refractivity contribution in [1.82, 2.24) is 0 Å². The predicted molar refractivity (Wildman–Crippen MR) is 43.2 cm³/mol. The maximum atomic E-state index is 10.9. The zero-order valence-electron chi connectivity index (χ0n) is 6.25. The minimum absolute atomic E-state index is 0.204. The third kappa shape index (κ3) is 4.90. The van der Waals surface area contributed by atoms with Crippen molar-refractivity contribution in [3.63, 3.8) is 0 Å². The summed E-state index contributed by atoms with van der Waals surface area (Å²) in [5.74, 6) is 0.988. The number of hydrogen-bond acceptors (Lipinski definition) is 3. The summed E-state index contributed by atoms with van der Waals surface area (Å²) in [4.78, 5) is 0. The van der Waals surface area contributed by atoms with E-state index in [4.69, 9.17) is 10.8 Å². The molecule has 0 spiro atoms. The van der Waals surface area contributed by atoms with Crippen LogP contribution >= 0.6 is 0 Å². The van der Waals surface area contributed by atoms with Crippen molar-refractivity contribution in [2.24, 2.45) is 5.73 Å². The topological polar surface area (TPSA) is 63.3 Å². The fourth-order valence-electron chi connectivity index (χ4n) is 0.594. The van der Waals surface area contributed by atoms with E-state index in [0.717, 1.165) is 6.42 Å². The number of rotatable bonds is 5. The van der Waals surface area contributed by atoms with Crippen LogP contribution in [-0.2, 0) is 10.8 Å². The highest BCUT2D eigenvalue weighted by atomic mass is 32.2. The summed E-state index contributed by atoms with van der Waals surface area (Å²) in [5.41, 5.74) is 5.13. The lowest BCUT2D eigenvalue weighted by Crippen LogP contribution is -2.26. The van der Waals surface area contributed by atoms with Gasteiger partial charge in [0.2, 0.25) is 0 Å². The molecule has 62 valence electrons. The van der Waals surface area contributed by atoms with Gasteiger partial charge in [-0.05, 0) is 6.42 Å². The molecule has 2 atom stereocenters. The van der Waals surface area contributed by atoms with E-state index in [1.54, 1.807) is 0 Å². The molecule has 0 aromatic heterocycles. The van der Waals surface area contributed by atoms with E-state index < -0.39 is 16.9 Å². The summed E-state index contributed by atoms with van der Waals surface area (Å²) in [6, 6.07) is 0. The molecule has 3 N–H and O–H groups in total. The molecule has 0 bridgehead atoms. The Hall–Kier alpha value is 0.0700. The third-order valence-electron chi connectivity index (χ3n) is 1.08. The summed E-state index contributed by atoms with van der Waals surface area (Å²) in [5, 5.41) is 8.94. The van der Waals surface area contributed by atoms with E-state index in [1.165, 1.54) is 0 Å². The highest BCUT2D eigenvalue weighted by molar-refractivity contribution is 7.85. The van der Waals surface area contributed by atoms with Gasteiger partial charge in [-0.15, -0.1) is 0 Å². The monoisotopic (exact) mass is 165 g/mol. The summed E-state index contributed by atoms with van der Waals surface area (Å²) < 4.78 is 10.9. The second-order valence-corrected chi connectivity index (χ2v) is 3.82. The standard InChI is InChI=1S/C6H15NO2S/c1-2-3-10(9)5-6(8)4-7/h6,8H,2-5,7H2,1H3. The molecular weight excluding hydrogens is 150 g/mol. The lowest BCUT2D eigenvalue weighted by atomic mass is 10.4. The summed E-state index contributed by atoms with van der Waals surface area (Å²) in [7, 11) is -0.880. The van der Waals surface area contributed by atoms with Crippen LogP contribution in [0, 0.1) is 0 Å². The Morgan fingerprint density at radius 2 is 2.30 bits per heavy atom. The van der Waals surface area contributed by atoms with Gasteiger partial charge in [-0.3, -0.25) is 4.21 Å². The first-order chi connectivity index (χ1) is 4.70. The second-order valence-electron chi connectivity index (χ2n) is 2.20. The van der Waals surface area contributed by atoms with Gasteiger partial charge in [0.1, 0.15) is 0 Å². The van der Waals surface area contributed by atoms with Crippen molar-refractivity contribution in [2.75, 3.05) is 18.1 Å². The first-order valence-electron chi connectivity index (χ1n) is 3.43. The van der Waals surface area contributed by atoms with Gasteiger partial charge in [0, 0.05) is 23.1 Å². The average molecular weight is 165 g/mol. The van der Waals surface area contributed by atoms with E-state index in [2.05, 4.69) is 0 Å². The van der Waals surface area contributed by atoms with Gasteiger partial charge in [0.25, 0.3) is 0 Å². The SMILES string of the molecule is CCCS(=O)CC(O)CN. The van der Waals surface area contributed by atoms with Crippen LogP contribution in [0.1, 0.15) is 13.3 Å². The van der Waals surface area contributed by atoms with Crippen molar-refractivity contribution < 1.29 is 9.32 Å². The molecule has 0 rings (SSSR count). The minimum Gasteiger partial charge on any atom is -0.391 e. The van der Waals surface area contributed by atoms with E-state index in [1.807, 2.05) is 6.92 Å². The first kappa shape index (κ1) is 10.1. The van der Waals surface area contributed by atoms with E-state index in [0.29, 0.717) is 11.5 Å². The van der Waals surface area contributed by atoms with Crippen LogP contribution in [0.3, 0.4) is 0 Å². The van der Waals surface area contributed by atoms with Crippen molar-refractivity contribution >= 4 is 10.8 Å². The Morgan fingerprint density at radius 1 is 1.70 bits per heavy atom. The van der Waals surface area contributed by atoms with Crippen LogP contribution in [0.2, 0.25) is 0 Å². The predicted octanol–water partition coefficient (Wildman–Crippen LogP) is -0.535. The maximum Gasteiger partial charge on any atom is 0.0777 e. The van der Waals surface area contributed by atoms with Crippen LogP contribution in [0.15, 0.2) is 0 Å². The molecule has 0 aromatic rings. The van der Waals surface area contributed by atoms with Gasteiger partial charge in [0.05, 0.1) is 11.9 Å². The van der Waals surface area contributed by atoms with E-state index in [-0.39, 0.29) is 6.54 Å². The number of nitrogens with two attached hydrogens (primary N) is 1. The highest BCUT2D eigenvalue weighted by Gasteiger charge is 2.05. The molecule has 2 unspecified atom stereocenters. The number of aliphatic hydroxyl groups is 1. The van der Waals surface area contributed by atoms with Gasteiger partial charge < -0.3 is 10.8 Å². The molecule has 10 heavy (non-hydrogen) atoms. The Bertz CT molecular complexity index is 108. The van der Waals surface area contributed by atoms with Crippen LogP contribution < -0.4 is 5.73 Å². The Kier molecular flexibility index (Phi) is 5.87. The molecule has 0 amide bonds. The summed E-state index contributed by atoms with van der Waals surface area (Å²) in [6.45, 7) is 2.17. The van der Waals surface area contributed by atoms with Crippen molar-refractivity contribution in [1.29, 1.82) is 0 Å². The van der Waals surface area contributed by atoms with Gasteiger partial charge in [-0.1, -0.05) is 6.92 Å². The average Bonchev–Trinajstić information content (AvgIpc) is 1.88. The molecule has 0 heterocycles. The lowest BCUT2D eigenvalue weighted by molar-refractivity contribution is 0.207.